The number of rotatable bonds is 7. The van der Waals surface area contributed by atoms with E-state index >= 15 is 0 Å². The monoisotopic (exact) mass is 617 g/mol. The number of anilines is 1. The summed E-state index contributed by atoms with van der Waals surface area (Å²) in [5, 5.41) is 20.0. The summed E-state index contributed by atoms with van der Waals surface area (Å²) >= 11 is 2.32. The number of ketones is 1. The number of esters is 1. The van der Waals surface area contributed by atoms with E-state index in [9.17, 15) is 23.9 Å². The third kappa shape index (κ3) is 5.39. The fraction of sp³-hybridized carbons (Fsp3) is 0.194. The first-order valence-corrected chi connectivity index (χ1v) is 15.0. The van der Waals surface area contributed by atoms with Crippen molar-refractivity contribution in [3.8, 4) is 5.75 Å². The van der Waals surface area contributed by atoms with Gasteiger partial charge >= 0.3 is 11.9 Å². The van der Waals surface area contributed by atoms with E-state index in [0.717, 1.165) is 16.9 Å². The number of amides is 1. The second kappa shape index (κ2) is 11.6. The number of carbonyl (C=O) groups is 3. The highest BCUT2D eigenvalue weighted by molar-refractivity contribution is 8.00. The van der Waals surface area contributed by atoms with Crippen LogP contribution < -0.4 is 9.64 Å². The third-order valence-corrected chi connectivity index (χ3v) is 9.28. The van der Waals surface area contributed by atoms with Crippen molar-refractivity contribution < 1.29 is 33.4 Å². The van der Waals surface area contributed by atoms with Crippen molar-refractivity contribution in [1.82, 2.24) is 10.2 Å². The first kappa shape index (κ1) is 28.6. The Labute approximate surface area is 254 Å². The van der Waals surface area contributed by atoms with Crippen molar-refractivity contribution in [2.24, 2.45) is 0 Å². The largest absolute Gasteiger partial charge is 0.507 e. The minimum absolute atomic E-state index is 0.0193. The van der Waals surface area contributed by atoms with E-state index in [0.29, 0.717) is 39.0 Å². The fourth-order valence-electron chi connectivity index (χ4n) is 5.10. The van der Waals surface area contributed by atoms with E-state index in [2.05, 4.69) is 10.2 Å². The molecule has 2 atom stereocenters. The normalized spacial score (nSPS) is 18.9. The predicted octanol–water partition coefficient (Wildman–Crippen LogP) is 5.71. The molecule has 1 amide bonds. The van der Waals surface area contributed by atoms with Gasteiger partial charge in [-0.2, -0.15) is 0 Å². The van der Waals surface area contributed by atoms with Gasteiger partial charge in [0.05, 0.1) is 24.3 Å². The molecule has 2 aliphatic rings. The Kier molecular flexibility index (Phi) is 7.72. The molecule has 43 heavy (non-hydrogen) atoms. The highest BCUT2D eigenvalue weighted by Gasteiger charge is 2.48. The van der Waals surface area contributed by atoms with Crippen LogP contribution in [0.25, 0.3) is 5.76 Å². The van der Waals surface area contributed by atoms with Crippen LogP contribution in [-0.4, -0.2) is 46.2 Å². The zero-order valence-electron chi connectivity index (χ0n) is 22.9. The van der Waals surface area contributed by atoms with Gasteiger partial charge in [0.25, 0.3) is 5.78 Å². The number of methoxy groups -OCH3 is 1. The van der Waals surface area contributed by atoms with E-state index in [-0.39, 0.29) is 33.9 Å². The second-order valence-corrected chi connectivity index (χ2v) is 12.1. The number of ether oxygens (including phenoxy) is 2. The van der Waals surface area contributed by atoms with Gasteiger partial charge in [-0.15, -0.1) is 10.2 Å². The molecule has 1 saturated heterocycles. The molecule has 0 saturated carbocycles. The lowest BCUT2D eigenvalue weighted by Crippen LogP contribution is -2.29. The van der Waals surface area contributed by atoms with Gasteiger partial charge in [-0.1, -0.05) is 53.4 Å². The maximum Gasteiger partial charge on any atom is 0.337 e. The number of hydrogen-bond acceptors (Lipinski definition) is 10. The summed E-state index contributed by atoms with van der Waals surface area (Å²) in [7, 11) is 1.27. The maximum atomic E-state index is 14.1. The van der Waals surface area contributed by atoms with Crippen LogP contribution in [0.1, 0.15) is 45.6 Å². The molecule has 6 rings (SSSR count). The molecule has 4 aromatic rings. The van der Waals surface area contributed by atoms with Gasteiger partial charge in [0.2, 0.25) is 5.13 Å². The first-order valence-electron chi connectivity index (χ1n) is 13.2. The van der Waals surface area contributed by atoms with Crippen LogP contribution >= 0.6 is 23.1 Å². The van der Waals surface area contributed by atoms with Gasteiger partial charge in [0.1, 0.15) is 23.4 Å². The van der Waals surface area contributed by atoms with Crippen LogP contribution in [-0.2, 0) is 26.5 Å². The van der Waals surface area contributed by atoms with E-state index in [4.69, 9.17) is 9.47 Å². The molecule has 1 N–H and O–H groups in total. The highest BCUT2D eigenvalue weighted by Crippen LogP contribution is 2.44. The molecule has 0 aliphatic carbocycles. The van der Waals surface area contributed by atoms with Crippen LogP contribution in [0, 0.1) is 5.82 Å². The molecular formula is C31H24FN3O6S2. The van der Waals surface area contributed by atoms with Gasteiger partial charge in [0, 0.05) is 17.7 Å². The van der Waals surface area contributed by atoms with Crippen LogP contribution in [0.4, 0.5) is 9.52 Å². The van der Waals surface area contributed by atoms with Crippen LogP contribution in [0.3, 0.4) is 0 Å². The number of hydrogen-bond donors (Lipinski definition) is 1. The molecule has 1 aromatic heterocycles. The molecule has 12 heteroatoms. The molecular weight excluding hydrogens is 593 g/mol. The molecule has 218 valence electrons. The Morgan fingerprint density at radius 2 is 1.86 bits per heavy atom. The smallest absolute Gasteiger partial charge is 0.337 e. The Bertz CT molecular complexity index is 1790. The number of fused-ring (bicyclic) bond motifs is 1. The zero-order chi connectivity index (χ0) is 30.2. The van der Waals surface area contributed by atoms with Gasteiger partial charge in [-0.05, 0) is 60.0 Å². The number of thioether (sulfide) groups is 1. The number of halogens is 1. The van der Waals surface area contributed by atoms with E-state index in [1.54, 1.807) is 48.5 Å². The molecule has 0 unspecified atom stereocenters. The summed E-state index contributed by atoms with van der Waals surface area (Å²) in [6.45, 7) is 1.94. The molecule has 0 bridgehead atoms. The van der Waals surface area contributed by atoms with Gasteiger partial charge in [-0.25, -0.2) is 9.18 Å². The summed E-state index contributed by atoms with van der Waals surface area (Å²) in [6.07, 6.45) is 0.621. The maximum absolute atomic E-state index is 14.1. The van der Waals surface area contributed by atoms with E-state index < -0.39 is 23.7 Å². The first-order chi connectivity index (χ1) is 20.7. The lowest BCUT2D eigenvalue weighted by Gasteiger charge is -2.22. The molecule has 3 heterocycles. The number of Topliss-reactive ketones (excluding diaryl/α,β-unsaturated/α-hetero) is 1. The molecule has 0 spiro atoms. The number of aliphatic hydroxyl groups excluding tert-OH is 1. The fourth-order valence-corrected chi connectivity index (χ4v) is 6.96. The molecule has 2 aliphatic heterocycles. The molecule has 0 radical (unpaired) electrons. The zero-order valence-corrected chi connectivity index (χ0v) is 24.6. The summed E-state index contributed by atoms with van der Waals surface area (Å²) < 4.78 is 25.2. The average Bonchev–Trinajstić information content (AvgIpc) is 3.70. The molecule has 1 fully saturated rings. The Morgan fingerprint density at radius 3 is 2.60 bits per heavy atom. The van der Waals surface area contributed by atoms with Crippen molar-refractivity contribution >= 4 is 51.6 Å². The van der Waals surface area contributed by atoms with Crippen molar-refractivity contribution in [3.05, 3.63) is 106 Å². The lowest BCUT2D eigenvalue weighted by atomic mass is 9.94. The minimum atomic E-state index is -1.06. The standard InChI is InChI=1S/C31H24FN3O6S2/c1-16-13-21-14-19(11-12-23(21)41-16)26(36)24-25(17-7-9-18(10-8-17)29(39)40-2)35(28(38)27(24)37)30-33-34-31(43-30)42-15-20-5-3-4-6-22(20)32/h3-12,14,16,25,36H,13,15H2,1-2H3/b26-24+/t16-,25-/m1/s1. The van der Waals surface area contributed by atoms with E-state index in [1.165, 1.54) is 42.0 Å². The number of nitrogens with zero attached hydrogens (tertiary/aromatic N) is 3. The minimum Gasteiger partial charge on any atom is -0.507 e. The summed E-state index contributed by atoms with van der Waals surface area (Å²) in [6, 6.07) is 16.7. The lowest BCUT2D eigenvalue weighted by molar-refractivity contribution is -0.132. The van der Waals surface area contributed by atoms with Crippen molar-refractivity contribution in [1.29, 1.82) is 0 Å². The van der Waals surface area contributed by atoms with Gasteiger partial charge < -0.3 is 14.6 Å². The summed E-state index contributed by atoms with van der Waals surface area (Å²) in [5.74, 6) is -2.01. The Morgan fingerprint density at radius 1 is 1.12 bits per heavy atom. The predicted molar refractivity (Wildman–Crippen MR) is 159 cm³/mol. The molecule has 3 aromatic carbocycles. The highest BCUT2D eigenvalue weighted by atomic mass is 32.2. The summed E-state index contributed by atoms with van der Waals surface area (Å²) in [5.41, 5.74) is 2.35. The Balaban J connectivity index is 1.40. The van der Waals surface area contributed by atoms with Crippen LogP contribution in [0.2, 0.25) is 0 Å². The molecule has 9 nitrogen and oxygen atoms in total. The topological polar surface area (TPSA) is 119 Å². The van der Waals surface area contributed by atoms with Crippen molar-refractivity contribution in [3.63, 3.8) is 0 Å². The third-order valence-electron chi connectivity index (χ3n) is 7.17. The van der Waals surface area contributed by atoms with Crippen LogP contribution in [0.15, 0.2) is 76.6 Å². The van der Waals surface area contributed by atoms with Gasteiger partial charge in [-0.3, -0.25) is 14.5 Å². The number of carbonyl (C=O) groups excluding carboxylic acids is 3. The Hall–Kier alpha value is -4.55. The quantitative estimate of drug-likeness (QED) is 0.0695. The van der Waals surface area contributed by atoms with Crippen molar-refractivity contribution in [2.45, 2.75) is 35.6 Å². The second-order valence-electron chi connectivity index (χ2n) is 9.97. The number of aromatic nitrogens is 2. The number of benzene rings is 3. The van der Waals surface area contributed by atoms with E-state index in [1.807, 2.05) is 6.92 Å². The van der Waals surface area contributed by atoms with Gasteiger partial charge in [0.15, 0.2) is 4.34 Å². The average molecular weight is 618 g/mol. The van der Waals surface area contributed by atoms with Crippen LogP contribution in [0.5, 0.6) is 5.75 Å². The SMILES string of the molecule is COC(=O)c1ccc([C@@H]2/C(=C(\O)c3ccc4c(c3)C[C@@H](C)O4)C(=O)C(=O)N2c2nnc(SCc3ccccc3F)s2)cc1. The summed E-state index contributed by atoms with van der Waals surface area (Å²) in [4.78, 5) is 40.3. The van der Waals surface area contributed by atoms with Crippen molar-refractivity contribution in [2.75, 3.05) is 12.0 Å². The number of aliphatic hydroxyl groups is 1.